The molecule has 0 bridgehead atoms. The van der Waals surface area contributed by atoms with Crippen LogP contribution >= 0.6 is 11.3 Å². The molecule has 20 heavy (non-hydrogen) atoms. The number of aliphatic hydroxyl groups excluding tert-OH is 1. The second-order valence-electron chi connectivity index (χ2n) is 3.89. The van der Waals surface area contributed by atoms with Crippen LogP contribution in [-0.2, 0) is 6.54 Å². The molecule has 0 fully saturated rings. The fourth-order valence-electron chi connectivity index (χ4n) is 1.56. The lowest BCUT2D eigenvalue weighted by molar-refractivity contribution is 0.0946. The average molecular weight is 287 g/mol. The highest BCUT2D eigenvalue weighted by Crippen LogP contribution is 2.11. The Hall–Kier alpha value is -2.23. The molecule has 0 saturated carbocycles. The van der Waals surface area contributed by atoms with Gasteiger partial charge in [-0.2, -0.15) is 0 Å². The van der Waals surface area contributed by atoms with Gasteiger partial charge < -0.3 is 10.4 Å². The van der Waals surface area contributed by atoms with Crippen LogP contribution < -0.4 is 5.32 Å². The largest absolute Gasteiger partial charge is 0.384 e. The van der Waals surface area contributed by atoms with Crippen molar-refractivity contribution in [3.8, 4) is 11.8 Å². The summed E-state index contributed by atoms with van der Waals surface area (Å²) >= 11 is 1.54. The highest BCUT2D eigenvalue weighted by atomic mass is 32.1. The van der Waals surface area contributed by atoms with Gasteiger partial charge in [-0.25, -0.2) is 9.97 Å². The number of pyridine rings is 1. The molecular weight excluding hydrogens is 274 g/mol. The molecule has 5 nitrogen and oxygen atoms in total. The van der Waals surface area contributed by atoms with E-state index in [1.807, 2.05) is 6.92 Å². The van der Waals surface area contributed by atoms with Gasteiger partial charge in [-0.1, -0.05) is 11.8 Å². The Bertz CT molecular complexity index is 670. The van der Waals surface area contributed by atoms with Crippen LogP contribution in [0.15, 0.2) is 24.5 Å². The van der Waals surface area contributed by atoms with Crippen molar-refractivity contribution < 1.29 is 9.90 Å². The minimum atomic E-state index is -0.293. The molecular formula is C14H13N3O2S. The monoisotopic (exact) mass is 287 g/mol. The first-order chi connectivity index (χ1) is 9.70. The average Bonchev–Trinajstić information content (AvgIpc) is 2.88. The maximum absolute atomic E-state index is 12.1. The molecule has 0 aromatic carbocycles. The van der Waals surface area contributed by atoms with Crippen molar-refractivity contribution in [3.05, 3.63) is 45.7 Å². The third-order valence-corrected chi connectivity index (χ3v) is 3.33. The van der Waals surface area contributed by atoms with Gasteiger partial charge >= 0.3 is 0 Å². The number of nitrogens with one attached hydrogen (secondary N) is 1. The Morgan fingerprint density at radius 3 is 3.05 bits per heavy atom. The lowest BCUT2D eigenvalue weighted by Gasteiger charge is -2.04. The number of aromatic nitrogens is 2. The molecule has 0 unspecified atom stereocenters. The zero-order valence-electron chi connectivity index (χ0n) is 10.9. The molecule has 0 radical (unpaired) electrons. The molecule has 1 amide bonds. The zero-order chi connectivity index (χ0) is 14.4. The van der Waals surface area contributed by atoms with Crippen LogP contribution in [0.3, 0.4) is 0 Å². The number of thiazole rings is 1. The number of aliphatic hydroxyl groups is 1. The summed E-state index contributed by atoms with van der Waals surface area (Å²) in [7, 11) is 0. The number of rotatable bonds is 3. The number of nitrogens with zero attached hydrogens (tertiary/aromatic N) is 2. The highest BCUT2D eigenvalue weighted by Gasteiger charge is 2.11. The van der Waals surface area contributed by atoms with E-state index in [0.29, 0.717) is 12.1 Å². The number of carbonyl (C=O) groups excluding carboxylic acids is 1. The van der Waals surface area contributed by atoms with Crippen molar-refractivity contribution in [3.63, 3.8) is 0 Å². The summed E-state index contributed by atoms with van der Waals surface area (Å²) in [5.74, 6) is 4.93. The van der Waals surface area contributed by atoms with Crippen molar-refractivity contribution >= 4 is 17.2 Å². The Kier molecular flexibility index (Phi) is 4.82. The smallest absolute Gasteiger partial charge is 0.271 e. The van der Waals surface area contributed by atoms with Gasteiger partial charge in [0.25, 0.3) is 5.91 Å². The number of amides is 1. The second-order valence-corrected chi connectivity index (χ2v) is 5.21. The minimum Gasteiger partial charge on any atom is -0.384 e. The second kappa shape index (κ2) is 6.80. The summed E-state index contributed by atoms with van der Waals surface area (Å²) in [5, 5.41) is 12.5. The van der Waals surface area contributed by atoms with E-state index in [0.717, 1.165) is 9.88 Å². The summed E-state index contributed by atoms with van der Waals surface area (Å²) in [6, 6.07) is 3.39. The lowest BCUT2D eigenvalue weighted by Crippen LogP contribution is -2.24. The molecule has 2 aromatic rings. The van der Waals surface area contributed by atoms with Gasteiger partial charge in [-0.15, -0.1) is 11.3 Å². The summed E-state index contributed by atoms with van der Waals surface area (Å²) in [5.41, 5.74) is 0.759. The quantitative estimate of drug-likeness (QED) is 0.830. The topological polar surface area (TPSA) is 75.1 Å². The van der Waals surface area contributed by atoms with Crippen LogP contribution in [-0.4, -0.2) is 27.6 Å². The van der Waals surface area contributed by atoms with E-state index in [2.05, 4.69) is 27.1 Å². The van der Waals surface area contributed by atoms with Crippen LogP contribution in [0.2, 0.25) is 0 Å². The first-order valence-corrected chi connectivity index (χ1v) is 6.76. The maximum atomic E-state index is 12.1. The molecule has 2 rings (SSSR count). The van der Waals surface area contributed by atoms with Gasteiger partial charge in [0.15, 0.2) is 0 Å². The van der Waals surface area contributed by atoms with Crippen molar-refractivity contribution in [2.24, 2.45) is 0 Å². The van der Waals surface area contributed by atoms with Gasteiger partial charge in [0.2, 0.25) is 0 Å². The molecule has 0 atom stereocenters. The first-order valence-electron chi connectivity index (χ1n) is 5.95. The maximum Gasteiger partial charge on any atom is 0.271 e. The standard InChI is InChI=1S/C14H13N3O2S/c1-10-16-8-12(20-10)9-17-14(19)13-11(5-3-7-18)4-2-6-15-13/h2,4,6,8,18H,7,9H2,1H3,(H,17,19). The van der Waals surface area contributed by atoms with Crippen molar-refractivity contribution in [1.82, 2.24) is 15.3 Å². The lowest BCUT2D eigenvalue weighted by atomic mass is 10.2. The van der Waals surface area contributed by atoms with E-state index >= 15 is 0 Å². The predicted molar refractivity (Wildman–Crippen MR) is 76.2 cm³/mol. The minimum absolute atomic E-state index is 0.254. The molecule has 0 saturated heterocycles. The Morgan fingerprint density at radius 2 is 2.35 bits per heavy atom. The SMILES string of the molecule is Cc1ncc(CNC(=O)c2ncccc2C#CCO)s1. The molecule has 0 aliphatic heterocycles. The third-order valence-electron chi connectivity index (χ3n) is 2.42. The van der Waals surface area contributed by atoms with E-state index in [1.54, 1.807) is 18.3 Å². The van der Waals surface area contributed by atoms with Gasteiger partial charge in [-0.3, -0.25) is 4.79 Å². The third kappa shape index (κ3) is 3.63. The highest BCUT2D eigenvalue weighted by molar-refractivity contribution is 7.11. The molecule has 2 N–H and O–H groups in total. The first kappa shape index (κ1) is 14.2. The summed E-state index contributed by atoms with van der Waals surface area (Å²) in [6.07, 6.45) is 3.28. The molecule has 102 valence electrons. The van der Waals surface area contributed by atoms with Crippen LogP contribution in [0.5, 0.6) is 0 Å². The van der Waals surface area contributed by atoms with Crippen LogP contribution in [0.25, 0.3) is 0 Å². The molecule has 0 spiro atoms. The van der Waals surface area contributed by atoms with Gasteiger partial charge in [0.1, 0.15) is 12.3 Å². The molecule has 6 heteroatoms. The van der Waals surface area contributed by atoms with Crippen molar-refractivity contribution in [2.75, 3.05) is 6.61 Å². The summed E-state index contributed by atoms with van der Waals surface area (Å²) < 4.78 is 0. The number of aryl methyl sites for hydroxylation is 1. The molecule has 2 aromatic heterocycles. The predicted octanol–water partition coefficient (Wildman–Crippen LogP) is 1.12. The van der Waals surface area contributed by atoms with Crippen LogP contribution in [0, 0.1) is 18.8 Å². The van der Waals surface area contributed by atoms with E-state index in [9.17, 15) is 4.79 Å². The van der Waals surface area contributed by atoms with Crippen LogP contribution in [0.4, 0.5) is 0 Å². The molecule has 0 aliphatic rings. The fraction of sp³-hybridized carbons (Fsp3) is 0.214. The number of hydrogen-bond acceptors (Lipinski definition) is 5. The summed E-state index contributed by atoms with van der Waals surface area (Å²) in [6.45, 7) is 2.07. The number of hydrogen-bond donors (Lipinski definition) is 2. The molecule has 0 aliphatic carbocycles. The van der Waals surface area contributed by atoms with E-state index < -0.39 is 0 Å². The number of carbonyl (C=O) groups is 1. The van der Waals surface area contributed by atoms with Gasteiger partial charge in [-0.05, 0) is 19.1 Å². The normalized spacial score (nSPS) is 9.70. The molecule has 2 heterocycles. The van der Waals surface area contributed by atoms with E-state index in [4.69, 9.17) is 5.11 Å². The van der Waals surface area contributed by atoms with Gasteiger partial charge in [0, 0.05) is 17.3 Å². The van der Waals surface area contributed by atoms with Crippen molar-refractivity contribution in [1.29, 1.82) is 0 Å². The van der Waals surface area contributed by atoms with E-state index in [1.165, 1.54) is 17.5 Å². The Labute approximate surface area is 120 Å². The van der Waals surface area contributed by atoms with Gasteiger partial charge in [0.05, 0.1) is 17.1 Å². The van der Waals surface area contributed by atoms with Crippen LogP contribution in [0.1, 0.15) is 25.9 Å². The van der Waals surface area contributed by atoms with Crippen molar-refractivity contribution in [2.45, 2.75) is 13.5 Å². The fourth-order valence-corrected chi connectivity index (χ4v) is 2.29. The Morgan fingerprint density at radius 1 is 1.50 bits per heavy atom. The summed E-state index contributed by atoms with van der Waals surface area (Å²) in [4.78, 5) is 21.2. The zero-order valence-corrected chi connectivity index (χ0v) is 11.7. The Balaban J connectivity index is 2.09. The van der Waals surface area contributed by atoms with E-state index in [-0.39, 0.29) is 18.2 Å².